The smallest absolute Gasteiger partial charge is 0.202 e. The number of carbonyl (C=O) groups is 1. The van der Waals surface area contributed by atoms with Crippen molar-refractivity contribution in [1.29, 1.82) is 0 Å². The van der Waals surface area contributed by atoms with E-state index < -0.39 is 0 Å². The van der Waals surface area contributed by atoms with E-state index in [9.17, 15) is 4.79 Å². The molecule has 0 atom stereocenters. The normalized spacial score (nSPS) is 10.4. The van der Waals surface area contributed by atoms with Gasteiger partial charge in [0, 0.05) is 9.99 Å². The Balaban J connectivity index is 2.10. The summed E-state index contributed by atoms with van der Waals surface area (Å²) < 4.78 is 6.95. The molecule has 0 bridgehead atoms. The van der Waals surface area contributed by atoms with Gasteiger partial charge in [-0.05, 0) is 68.3 Å². The predicted octanol–water partition coefficient (Wildman–Crippen LogP) is 4.07. The summed E-state index contributed by atoms with van der Waals surface area (Å²) in [6, 6.07) is 11.3. The summed E-state index contributed by atoms with van der Waals surface area (Å²) >= 11 is 5.41. The molecule has 0 saturated heterocycles. The van der Waals surface area contributed by atoms with Crippen LogP contribution in [-0.4, -0.2) is 5.78 Å². The number of halogens is 2. The fourth-order valence-corrected chi connectivity index (χ4v) is 2.01. The molecule has 4 heteroatoms. The fourth-order valence-electron chi connectivity index (χ4n) is 1.34. The quantitative estimate of drug-likeness (QED) is 0.584. The van der Waals surface area contributed by atoms with E-state index in [-0.39, 0.29) is 5.78 Å². The van der Waals surface area contributed by atoms with Crippen molar-refractivity contribution in [3.63, 3.8) is 0 Å². The van der Waals surface area contributed by atoms with Crippen LogP contribution in [0.4, 0.5) is 0 Å². The standard InChI is InChI=1S/C12H8BrIO2/c13-12-6-5-11(16-12)10(15)7-8-1-3-9(14)4-2-8/h1-6H,7H2. The molecule has 1 aromatic carbocycles. The molecule has 0 saturated carbocycles. The first-order chi connectivity index (χ1) is 7.65. The molecule has 0 unspecified atom stereocenters. The highest BCUT2D eigenvalue weighted by atomic mass is 127. The highest BCUT2D eigenvalue weighted by Gasteiger charge is 2.10. The minimum atomic E-state index is -0.00749. The lowest BCUT2D eigenvalue weighted by Gasteiger charge is -1.98. The largest absolute Gasteiger partial charge is 0.446 e. The molecule has 0 fully saturated rings. The zero-order valence-electron chi connectivity index (χ0n) is 8.24. The van der Waals surface area contributed by atoms with Gasteiger partial charge in [0.15, 0.2) is 10.4 Å². The summed E-state index contributed by atoms with van der Waals surface area (Å²) in [5, 5.41) is 0. The number of ketones is 1. The number of rotatable bonds is 3. The second kappa shape index (κ2) is 5.14. The second-order valence-electron chi connectivity index (χ2n) is 3.33. The van der Waals surface area contributed by atoms with Crippen molar-refractivity contribution in [3.8, 4) is 0 Å². The van der Waals surface area contributed by atoms with E-state index in [0.717, 1.165) is 9.13 Å². The maximum absolute atomic E-state index is 11.8. The minimum absolute atomic E-state index is 0.00749. The maximum atomic E-state index is 11.8. The van der Waals surface area contributed by atoms with Crippen LogP contribution in [0.3, 0.4) is 0 Å². The number of hydrogen-bond acceptors (Lipinski definition) is 2. The van der Waals surface area contributed by atoms with Crippen molar-refractivity contribution in [1.82, 2.24) is 0 Å². The first-order valence-corrected chi connectivity index (χ1v) is 6.55. The molecule has 0 N–H and O–H groups in total. The molecule has 2 rings (SSSR count). The molecular weight excluding hydrogens is 383 g/mol. The van der Waals surface area contributed by atoms with Crippen LogP contribution in [0, 0.1) is 3.57 Å². The molecule has 2 nitrogen and oxygen atoms in total. The Labute approximate surface area is 115 Å². The summed E-state index contributed by atoms with van der Waals surface area (Å²) in [7, 11) is 0. The summed E-state index contributed by atoms with van der Waals surface area (Å²) in [5.74, 6) is 0.386. The van der Waals surface area contributed by atoms with E-state index >= 15 is 0 Å². The van der Waals surface area contributed by atoms with Crippen molar-refractivity contribution in [2.75, 3.05) is 0 Å². The molecule has 2 aromatic rings. The summed E-state index contributed by atoms with van der Waals surface area (Å²) in [6.45, 7) is 0. The molecule has 0 aliphatic heterocycles. The van der Waals surface area contributed by atoms with Gasteiger partial charge in [0.05, 0.1) is 0 Å². The minimum Gasteiger partial charge on any atom is -0.446 e. The van der Waals surface area contributed by atoms with E-state index in [1.54, 1.807) is 12.1 Å². The van der Waals surface area contributed by atoms with Crippen molar-refractivity contribution in [2.24, 2.45) is 0 Å². The van der Waals surface area contributed by atoms with Crippen molar-refractivity contribution in [3.05, 3.63) is 56.0 Å². The average Bonchev–Trinajstić information content (AvgIpc) is 2.68. The summed E-state index contributed by atoms with van der Waals surface area (Å²) in [6.07, 6.45) is 0.372. The molecule has 0 aliphatic carbocycles. The van der Waals surface area contributed by atoms with Gasteiger partial charge in [0.2, 0.25) is 5.78 Å². The Hall–Kier alpha value is -0.620. The molecule has 82 valence electrons. The molecule has 16 heavy (non-hydrogen) atoms. The van der Waals surface area contributed by atoms with Gasteiger partial charge in [0.25, 0.3) is 0 Å². The van der Waals surface area contributed by atoms with Gasteiger partial charge in [-0.15, -0.1) is 0 Å². The molecule has 0 aliphatic rings. The average molecular weight is 391 g/mol. The van der Waals surface area contributed by atoms with Crippen molar-refractivity contribution >= 4 is 44.3 Å². The molecule has 1 aromatic heterocycles. The maximum Gasteiger partial charge on any atom is 0.202 e. The SMILES string of the molecule is O=C(Cc1ccc(I)cc1)c1ccc(Br)o1. The Kier molecular flexibility index (Phi) is 3.81. The molecule has 1 heterocycles. The monoisotopic (exact) mass is 390 g/mol. The molecule has 0 spiro atoms. The topological polar surface area (TPSA) is 30.2 Å². The second-order valence-corrected chi connectivity index (χ2v) is 5.36. The highest BCUT2D eigenvalue weighted by Crippen LogP contribution is 2.16. The Morgan fingerprint density at radius 1 is 1.19 bits per heavy atom. The fraction of sp³-hybridized carbons (Fsp3) is 0.0833. The summed E-state index contributed by atoms with van der Waals surface area (Å²) in [4.78, 5) is 11.8. The van der Waals surface area contributed by atoms with Crippen LogP contribution >= 0.6 is 38.5 Å². The summed E-state index contributed by atoms with van der Waals surface area (Å²) in [5.41, 5.74) is 0.998. The number of hydrogen-bond donors (Lipinski definition) is 0. The third-order valence-corrected chi connectivity index (χ3v) is 3.27. The third kappa shape index (κ3) is 2.95. The van der Waals surface area contributed by atoms with Gasteiger partial charge in [0.1, 0.15) is 0 Å². The lowest BCUT2D eigenvalue weighted by atomic mass is 10.1. The van der Waals surface area contributed by atoms with E-state index in [1.807, 2.05) is 24.3 Å². The molecular formula is C12H8BrIO2. The Morgan fingerprint density at radius 3 is 2.44 bits per heavy atom. The number of benzene rings is 1. The first kappa shape index (κ1) is 11.9. The van der Waals surface area contributed by atoms with Gasteiger partial charge in [-0.2, -0.15) is 0 Å². The first-order valence-electron chi connectivity index (χ1n) is 4.68. The van der Waals surface area contributed by atoms with Gasteiger partial charge < -0.3 is 4.42 Å². The van der Waals surface area contributed by atoms with Crippen molar-refractivity contribution in [2.45, 2.75) is 6.42 Å². The van der Waals surface area contributed by atoms with E-state index in [4.69, 9.17) is 4.42 Å². The zero-order chi connectivity index (χ0) is 11.5. The van der Waals surface area contributed by atoms with Crippen LogP contribution in [0.1, 0.15) is 16.1 Å². The van der Waals surface area contributed by atoms with E-state index in [2.05, 4.69) is 38.5 Å². The van der Waals surface area contributed by atoms with Crippen LogP contribution in [0.15, 0.2) is 45.5 Å². The lowest BCUT2D eigenvalue weighted by Crippen LogP contribution is -2.01. The number of Topliss-reactive ketones (excluding diaryl/α,β-unsaturated/α-hetero) is 1. The van der Waals surface area contributed by atoms with Crippen LogP contribution in [0.5, 0.6) is 0 Å². The van der Waals surface area contributed by atoms with Gasteiger partial charge in [-0.3, -0.25) is 4.79 Å². The van der Waals surface area contributed by atoms with Gasteiger partial charge in [-0.25, -0.2) is 0 Å². The van der Waals surface area contributed by atoms with Crippen LogP contribution in [0.2, 0.25) is 0 Å². The van der Waals surface area contributed by atoms with E-state index in [1.165, 1.54) is 0 Å². The molecule has 0 amide bonds. The molecule has 0 radical (unpaired) electrons. The van der Waals surface area contributed by atoms with Gasteiger partial charge in [-0.1, -0.05) is 12.1 Å². The Bertz CT molecular complexity index is 502. The zero-order valence-corrected chi connectivity index (χ0v) is 12.0. The van der Waals surface area contributed by atoms with Crippen molar-refractivity contribution < 1.29 is 9.21 Å². The van der Waals surface area contributed by atoms with Crippen LogP contribution in [-0.2, 0) is 6.42 Å². The number of furan rings is 1. The Morgan fingerprint density at radius 2 is 1.88 bits per heavy atom. The van der Waals surface area contributed by atoms with E-state index in [0.29, 0.717) is 16.9 Å². The van der Waals surface area contributed by atoms with Gasteiger partial charge >= 0.3 is 0 Å². The predicted molar refractivity (Wildman–Crippen MR) is 73.6 cm³/mol. The van der Waals surface area contributed by atoms with Crippen LogP contribution < -0.4 is 0 Å². The van der Waals surface area contributed by atoms with Crippen LogP contribution in [0.25, 0.3) is 0 Å². The highest BCUT2D eigenvalue weighted by molar-refractivity contribution is 14.1. The lowest BCUT2D eigenvalue weighted by molar-refractivity contribution is 0.0965. The number of carbonyl (C=O) groups excluding carboxylic acids is 1. The third-order valence-electron chi connectivity index (χ3n) is 2.13.